The number of benzene rings is 2. The molecule has 0 bridgehead atoms. The summed E-state index contributed by atoms with van der Waals surface area (Å²) in [6, 6.07) is 14.6. The summed E-state index contributed by atoms with van der Waals surface area (Å²) in [5.74, 6) is 0.696. The van der Waals surface area contributed by atoms with Gasteiger partial charge in [0, 0.05) is 11.5 Å². The predicted molar refractivity (Wildman–Crippen MR) is 124 cm³/mol. The molecule has 0 aliphatic heterocycles. The van der Waals surface area contributed by atoms with Gasteiger partial charge in [0.05, 0.1) is 31.5 Å². The first-order valence-corrected chi connectivity index (χ1v) is 10.9. The topological polar surface area (TPSA) is 86.8 Å². The summed E-state index contributed by atoms with van der Waals surface area (Å²) in [4.78, 5) is 28.6. The Kier molecular flexibility index (Phi) is 8.39. The van der Waals surface area contributed by atoms with E-state index in [0.717, 1.165) is 11.3 Å². The standard InChI is InChI=1S/C24H24N2O5S/c1-3-30-19-11-8-17(9-12-19)10-13-24(28)31-15-18-16-32-23(25-18)14-22(27)26-20-6-4-5-7-21(20)29-2/h4-13,16H,3,14-15H2,1-2H3,(H,26,27)/b13-10+. The average molecular weight is 453 g/mol. The van der Waals surface area contributed by atoms with Crippen LogP contribution >= 0.6 is 11.3 Å². The zero-order valence-electron chi connectivity index (χ0n) is 17.9. The number of aromatic nitrogens is 1. The number of carbonyl (C=O) groups is 2. The Hall–Kier alpha value is -3.65. The van der Waals surface area contributed by atoms with E-state index in [0.29, 0.717) is 28.7 Å². The number of ether oxygens (including phenoxy) is 3. The summed E-state index contributed by atoms with van der Waals surface area (Å²) in [6.07, 6.45) is 3.16. The molecule has 1 N–H and O–H groups in total. The van der Waals surface area contributed by atoms with Crippen LogP contribution in [0.5, 0.6) is 11.5 Å². The molecule has 0 unspecified atom stereocenters. The highest BCUT2D eigenvalue weighted by Gasteiger charge is 2.11. The van der Waals surface area contributed by atoms with Crippen molar-refractivity contribution in [2.24, 2.45) is 0 Å². The third kappa shape index (κ3) is 6.95. The summed E-state index contributed by atoms with van der Waals surface area (Å²) in [6.45, 7) is 2.56. The number of nitrogens with one attached hydrogen (secondary N) is 1. The first kappa shape index (κ1) is 23.0. The van der Waals surface area contributed by atoms with Gasteiger partial charge in [0.2, 0.25) is 5.91 Å². The summed E-state index contributed by atoms with van der Waals surface area (Å²) in [5.41, 5.74) is 2.06. The van der Waals surface area contributed by atoms with Crippen molar-refractivity contribution >= 4 is 35.0 Å². The number of hydrogen-bond donors (Lipinski definition) is 1. The van der Waals surface area contributed by atoms with Gasteiger partial charge in [-0.25, -0.2) is 9.78 Å². The van der Waals surface area contributed by atoms with Gasteiger partial charge in [0.1, 0.15) is 23.1 Å². The molecule has 1 amide bonds. The van der Waals surface area contributed by atoms with E-state index in [1.54, 1.807) is 30.7 Å². The molecule has 7 nitrogen and oxygen atoms in total. The van der Waals surface area contributed by atoms with Crippen molar-refractivity contribution in [1.82, 2.24) is 4.98 Å². The number of esters is 1. The van der Waals surface area contributed by atoms with Gasteiger partial charge in [0.15, 0.2) is 0 Å². The minimum Gasteiger partial charge on any atom is -0.495 e. The Bertz CT molecular complexity index is 1080. The molecule has 166 valence electrons. The molecular formula is C24H24N2O5S. The highest BCUT2D eigenvalue weighted by Crippen LogP contribution is 2.23. The molecule has 0 aliphatic carbocycles. The minimum absolute atomic E-state index is 0.0388. The van der Waals surface area contributed by atoms with Crippen molar-refractivity contribution in [2.75, 3.05) is 19.0 Å². The fraction of sp³-hybridized carbons (Fsp3) is 0.208. The van der Waals surface area contributed by atoms with Crippen molar-refractivity contribution in [2.45, 2.75) is 20.0 Å². The first-order valence-electron chi connectivity index (χ1n) is 10.0. The van der Waals surface area contributed by atoms with Crippen molar-refractivity contribution in [3.8, 4) is 11.5 Å². The molecule has 0 aliphatic rings. The molecule has 1 heterocycles. The Balaban J connectivity index is 1.46. The zero-order valence-corrected chi connectivity index (χ0v) is 18.7. The fourth-order valence-corrected chi connectivity index (χ4v) is 3.55. The number of carbonyl (C=O) groups excluding carboxylic acids is 2. The van der Waals surface area contributed by atoms with E-state index in [1.807, 2.05) is 43.3 Å². The maximum absolute atomic E-state index is 12.3. The lowest BCUT2D eigenvalue weighted by Gasteiger charge is -2.08. The van der Waals surface area contributed by atoms with Crippen molar-refractivity contribution in [1.29, 1.82) is 0 Å². The van der Waals surface area contributed by atoms with E-state index < -0.39 is 5.97 Å². The number of thiazole rings is 1. The van der Waals surface area contributed by atoms with Gasteiger partial charge in [-0.05, 0) is 42.8 Å². The van der Waals surface area contributed by atoms with E-state index in [4.69, 9.17) is 14.2 Å². The van der Waals surface area contributed by atoms with Crippen LogP contribution in [0.2, 0.25) is 0 Å². The molecular weight excluding hydrogens is 428 g/mol. The van der Waals surface area contributed by atoms with E-state index >= 15 is 0 Å². The van der Waals surface area contributed by atoms with Gasteiger partial charge in [-0.1, -0.05) is 24.3 Å². The number of amides is 1. The summed E-state index contributed by atoms with van der Waals surface area (Å²) in [5, 5.41) is 5.22. The highest BCUT2D eigenvalue weighted by molar-refractivity contribution is 7.09. The van der Waals surface area contributed by atoms with Crippen LogP contribution < -0.4 is 14.8 Å². The monoisotopic (exact) mass is 452 g/mol. The van der Waals surface area contributed by atoms with Gasteiger partial charge >= 0.3 is 5.97 Å². The van der Waals surface area contributed by atoms with Gasteiger partial charge in [-0.3, -0.25) is 4.79 Å². The van der Waals surface area contributed by atoms with Gasteiger partial charge < -0.3 is 19.5 Å². The number of para-hydroxylation sites is 2. The van der Waals surface area contributed by atoms with Crippen LogP contribution in [0.1, 0.15) is 23.2 Å². The Labute approximate surface area is 190 Å². The second-order valence-corrected chi connectivity index (χ2v) is 7.54. The number of nitrogens with zero attached hydrogens (tertiary/aromatic N) is 1. The molecule has 0 saturated heterocycles. The van der Waals surface area contributed by atoms with Crippen molar-refractivity contribution < 1.29 is 23.8 Å². The SMILES string of the molecule is CCOc1ccc(/C=C/C(=O)OCc2csc(CC(=O)Nc3ccccc3OC)n2)cc1. The molecule has 0 saturated carbocycles. The summed E-state index contributed by atoms with van der Waals surface area (Å²) >= 11 is 1.34. The van der Waals surface area contributed by atoms with Crippen molar-refractivity contribution in [3.63, 3.8) is 0 Å². The zero-order chi connectivity index (χ0) is 22.8. The Morgan fingerprint density at radius 1 is 1.12 bits per heavy atom. The fourth-order valence-electron chi connectivity index (χ4n) is 2.78. The Morgan fingerprint density at radius 3 is 2.66 bits per heavy atom. The van der Waals surface area contributed by atoms with Crippen molar-refractivity contribution in [3.05, 3.63) is 76.3 Å². The van der Waals surface area contributed by atoms with E-state index in [9.17, 15) is 9.59 Å². The number of rotatable bonds is 10. The van der Waals surface area contributed by atoms with E-state index in [1.165, 1.54) is 17.4 Å². The predicted octanol–water partition coefficient (Wildman–Crippen LogP) is 4.49. The molecule has 0 atom stereocenters. The average Bonchev–Trinajstić information content (AvgIpc) is 3.25. The number of anilines is 1. The maximum Gasteiger partial charge on any atom is 0.331 e. The van der Waals surface area contributed by atoms with Crippen LogP contribution in [-0.2, 0) is 27.4 Å². The van der Waals surface area contributed by atoms with E-state index in [2.05, 4.69) is 10.3 Å². The largest absolute Gasteiger partial charge is 0.495 e. The van der Waals surface area contributed by atoms with Crippen LogP contribution in [-0.4, -0.2) is 30.6 Å². The second kappa shape index (κ2) is 11.7. The van der Waals surface area contributed by atoms with Crippen LogP contribution in [0, 0.1) is 0 Å². The lowest BCUT2D eigenvalue weighted by Crippen LogP contribution is -2.15. The number of hydrogen-bond acceptors (Lipinski definition) is 7. The molecule has 0 fully saturated rings. The molecule has 8 heteroatoms. The smallest absolute Gasteiger partial charge is 0.331 e. The van der Waals surface area contributed by atoms with E-state index in [-0.39, 0.29) is 18.9 Å². The van der Waals surface area contributed by atoms with Crippen LogP contribution in [0.4, 0.5) is 5.69 Å². The first-order chi connectivity index (χ1) is 15.6. The molecule has 32 heavy (non-hydrogen) atoms. The van der Waals surface area contributed by atoms with Crippen LogP contribution in [0.15, 0.2) is 60.0 Å². The lowest BCUT2D eigenvalue weighted by molar-refractivity contribution is -0.139. The van der Waals surface area contributed by atoms with Crippen LogP contribution in [0.25, 0.3) is 6.08 Å². The number of methoxy groups -OCH3 is 1. The van der Waals surface area contributed by atoms with Gasteiger partial charge in [0.25, 0.3) is 0 Å². The summed E-state index contributed by atoms with van der Waals surface area (Å²) in [7, 11) is 1.55. The lowest BCUT2D eigenvalue weighted by atomic mass is 10.2. The van der Waals surface area contributed by atoms with Gasteiger partial charge in [-0.2, -0.15) is 0 Å². The highest BCUT2D eigenvalue weighted by atomic mass is 32.1. The van der Waals surface area contributed by atoms with Gasteiger partial charge in [-0.15, -0.1) is 11.3 Å². The molecule has 0 spiro atoms. The quantitative estimate of drug-likeness (QED) is 0.360. The second-order valence-electron chi connectivity index (χ2n) is 6.60. The molecule has 0 radical (unpaired) electrons. The summed E-state index contributed by atoms with van der Waals surface area (Å²) < 4.78 is 15.9. The molecule has 3 aromatic rings. The molecule has 2 aromatic carbocycles. The molecule has 1 aromatic heterocycles. The third-order valence-corrected chi connectivity index (χ3v) is 5.16. The Morgan fingerprint density at radius 2 is 1.91 bits per heavy atom. The third-order valence-electron chi connectivity index (χ3n) is 4.26. The normalized spacial score (nSPS) is 10.7. The van der Waals surface area contributed by atoms with Crippen LogP contribution in [0.3, 0.4) is 0 Å². The molecule has 3 rings (SSSR count). The maximum atomic E-state index is 12.3. The minimum atomic E-state index is -0.470.